The molecule has 1 amide bonds. The second-order valence-electron chi connectivity index (χ2n) is 8.22. The number of H-pyrrole nitrogens is 1. The minimum atomic E-state index is -1.50. The Bertz CT molecular complexity index is 1060. The number of nitrogens with two attached hydrogens (primary N) is 1. The molecule has 1 spiro atoms. The van der Waals surface area contributed by atoms with Crippen LogP contribution in [0, 0.1) is 0 Å². The number of carbonyl (C=O) groups excluding carboxylic acids is 2. The third kappa shape index (κ3) is 2.35. The molecule has 0 bridgehead atoms. The Morgan fingerprint density at radius 3 is 2.69 bits per heavy atom. The van der Waals surface area contributed by atoms with Crippen LogP contribution in [-0.4, -0.2) is 35.7 Å². The van der Waals surface area contributed by atoms with Crippen molar-refractivity contribution in [2.24, 2.45) is 5.73 Å². The van der Waals surface area contributed by atoms with Gasteiger partial charge in [-0.15, -0.1) is 5.10 Å². The van der Waals surface area contributed by atoms with Crippen LogP contribution in [0.4, 0.5) is 5.69 Å². The summed E-state index contributed by atoms with van der Waals surface area (Å²) >= 11 is 0. The maximum atomic E-state index is 13.9. The van der Waals surface area contributed by atoms with E-state index in [1.807, 2.05) is 45.0 Å². The lowest BCUT2D eigenvalue weighted by atomic mass is 9.66. The van der Waals surface area contributed by atoms with Crippen LogP contribution in [0.15, 0.2) is 35.7 Å². The van der Waals surface area contributed by atoms with E-state index < -0.39 is 16.8 Å². The summed E-state index contributed by atoms with van der Waals surface area (Å²) in [5, 5.41) is 7.29. The number of hydrogen-bond acceptors (Lipinski definition) is 6. The number of anilines is 1. The van der Waals surface area contributed by atoms with Crippen LogP contribution in [0.5, 0.6) is 5.88 Å². The third-order valence-electron chi connectivity index (χ3n) is 5.46. The first-order valence-corrected chi connectivity index (χ1v) is 9.47. The summed E-state index contributed by atoms with van der Waals surface area (Å²) in [6.45, 7) is 7.83. The van der Waals surface area contributed by atoms with Crippen molar-refractivity contribution in [3.05, 3.63) is 52.5 Å². The Hall–Kier alpha value is -3.29. The molecular formula is C21H24N4O4. The number of hydrogen-bond donors (Lipinski definition) is 2. The van der Waals surface area contributed by atoms with Crippen molar-refractivity contribution >= 4 is 17.6 Å². The molecular weight excluding hydrogens is 372 g/mol. The smallest absolute Gasteiger partial charge is 0.341 e. The Balaban J connectivity index is 2.16. The Morgan fingerprint density at radius 1 is 1.34 bits per heavy atom. The number of likely N-dealkylation sites (N-methyl/N-ethyl adjacent to an activating group) is 1. The molecule has 1 unspecified atom stereocenters. The number of para-hydroxylation sites is 1. The number of ether oxygens (including phenoxy) is 2. The van der Waals surface area contributed by atoms with Gasteiger partial charge in [0.1, 0.15) is 11.0 Å². The minimum Gasteiger partial charge on any atom is -0.462 e. The molecule has 1 atom stereocenters. The van der Waals surface area contributed by atoms with Crippen LogP contribution in [0.2, 0.25) is 0 Å². The van der Waals surface area contributed by atoms with Crippen molar-refractivity contribution in [1.29, 1.82) is 0 Å². The summed E-state index contributed by atoms with van der Waals surface area (Å²) in [7, 11) is 1.68. The monoisotopic (exact) mass is 396 g/mol. The van der Waals surface area contributed by atoms with Crippen molar-refractivity contribution < 1.29 is 19.1 Å². The van der Waals surface area contributed by atoms with Crippen molar-refractivity contribution in [2.45, 2.75) is 38.5 Å². The molecule has 2 aliphatic rings. The fourth-order valence-electron chi connectivity index (χ4n) is 4.25. The van der Waals surface area contributed by atoms with Crippen molar-refractivity contribution in [3.63, 3.8) is 0 Å². The van der Waals surface area contributed by atoms with Crippen LogP contribution in [0.1, 0.15) is 44.5 Å². The lowest BCUT2D eigenvalue weighted by molar-refractivity contribution is -0.140. The van der Waals surface area contributed by atoms with Crippen LogP contribution < -0.4 is 15.4 Å². The number of carbonyl (C=O) groups is 2. The Labute approximate surface area is 168 Å². The number of nitrogens with one attached hydrogen (secondary N) is 1. The molecule has 8 heteroatoms. The molecule has 0 fully saturated rings. The van der Waals surface area contributed by atoms with E-state index in [1.54, 1.807) is 14.0 Å². The summed E-state index contributed by atoms with van der Waals surface area (Å²) in [5.74, 6) is -0.975. The fourth-order valence-corrected chi connectivity index (χ4v) is 4.25. The maximum absolute atomic E-state index is 13.9. The third-order valence-corrected chi connectivity index (χ3v) is 5.46. The number of nitrogens with zero attached hydrogens (tertiary/aromatic N) is 2. The molecule has 0 saturated heterocycles. The summed E-state index contributed by atoms with van der Waals surface area (Å²) in [6.07, 6.45) is 0. The van der Waals surface area contributed by atoms with E-state index in [0.29, 0.717) is 22.5 Å². The lowest BCUT2D eigenvalue weighted by Crippen LogP contribution is -2.48. The quantitative estimate of drug-likeness (QED) is 0.752. The minimum absolute atomic E-state index is 0.0134. The van der Waals surface area contributed by atoms with Gasteiger partial charge in [0.2, 0.25) is 17.7 Å². The van der Waals surface area contributed by atoms with Crippen molar-refractivity contribution in [2.75, 3.05) is 18.6 Å². The predicted molar refractivity (Wildman–Crippen MR) is 106 cm³/mol. The zero-order chi connectivity index (χ0) is 21.1. The van der Waals surface area contributed by atoms with Gasteiger partial charge in [0.05, 0.1) is 12.2 Å². The van der Waals surface area contributed by atoms with Gasteiger partial charge < -0.3 is 20.1 Å². The van der Waals surface area contributed by atoms with Gasteiger partial charge in [0.15, 0.2) is 0 Å². The van der Waals surface area contributed by atoms with Crippen LogP contribution in [-0.2, 0) is 25.2 Å². The van der Waals surface area contributed by atoms with E-state index in [2.05, 4.69) is 10.2 Å². The molecule has 0 aliphatic carbocycles. The standard InChI is InChI=1S/C21H24N4O4/c1-6-28-18(26)14-16(22)29-17-13(15(23-24-17)20(2,3)4)21(14)11-9-7-8-10-12(11)25(5)19(21)27/h7-10H,6,22H2,1-5H3,(H,23,24). The number of esters is 1. The van der Waals surface area contributed by atoms with E-state index in [-0.39, 0.29) is 29.9 Å². The Kier molecular flexibility index (Phi) is 4.01. The number of aromatic amines is 1. The number of fused-ring (bicyclic) bond motifs is 4. The van der Waals surface area contributed by atoms with Gasteiger partial charge in [-0.2, -0.15) is 0 Å². The van der Waals surface area contributed by atoms with Gasteiger partial charge in [0.25, 0.3) is 0 Å². The molecule has 3 heterocycles. The highest BCUT2D eigenvalue weighted by Gasteiger charge is 2.62. The lowest BCUT2D eigenvalue weighted by Gasteiger charge is -2.35. The maximum Gasteiger partial charge on any atom is 0.341 e. The van der Waals surface area contributed by atoms with E-state index in [9.17, 15) is 9.59 Å². The summed E-state index contributed by atoms with van der Waals surface area (Å²) in [6, 6.07) is 7.35. The molecule has 0 radical (unpaired) electrons. The second-order valence-corrected chi connectivity index (χ2v) is 8.22. The van der Waals surface area contributed by atoms with Gasteiger partial charge in [-0.1, -0.05) is 39.0 Å². The van der Waals surface area contributed by atoms with Crippen LogP contribution in [0.3, 0.4) is 0 Å². The van der Waals surface area contributed by atoms with Gasteiger partial charge in [-0.05, 0) is 13.0 Å². The summed E-state index contributed by atoms with van der Waals surface area (Å²) in [4.78, 5) is 28.5. The first kappa shape index (κ1) is 19.0. The zero-order valence-corrected chi connectivity index (χ0v) is 17.1. The molecule has 8 nitrogen and oxygen atoms in total. The topological polar surface area (TPSA) is 111 Å². The average molecular weight is 396 g/mol. The van der Waals surface area contributed by atoms with E-state index >= 15 is 0 Å². The number of rotatable bonds is 2. The molecule has 2 aromatic rings. The number of amides is 1. The summed E-state index contributed by atoms with van der Waals surface area (Å²) < 4.78 is 11.0. The van der Waals surface area contributed by atoms with Crippen LogP contribution in [0.25, 0.3) is 0 Å². The molecule has 0 saturated carbocycles. The molecule has 4 rings (SSSR count). The first-order valence-electron chi connectivity index (χ1n) is 9.47. The first-order chi connectivity index (χ1) is 13.7. The second kappa shape index (κ2) is 6.10. The number of benzene rings is 1. The molecule has 152 valence electrons. The van der Waals surface area contributed by atoms with Gasteiger partial charge in [-0.3, -0.25) is 9.89 Å². The predicted octanol–water partition coefficient (Wildman–Crippen LogP) is 2.10. The van der Waals surface area contributed by atoms with Gasteiger partial charge in [-0.25, -0.2) is 4.79 Å². The highest BCUT2D eigenvalue weighted by molar-refractivity contribution is 6.18. The fraction of sp³-hybridized carbons (Fsp3) is 0.381. The van der Waals surface area contributed by atoms with Gasteiger partial charge in [0, 0.05) is 29.4 Å². The number of aromatic nitrogens is 2. The van der Waals surface area contributed by atoms with Crippen molar-refractivity contribution in [3.8, 4) is 5.88 Å². The molecule has 2 aliphatic heterocycles. The van der Waals surface area contributed by atoms with E-state index in [4.69, 9.17) is 15.2 Å². The Morgan fingerprint density at radius 2 is 2.03 bits per heavy atom. The molecule has 29 heavy (non-hydrogen) atoms. The van der Waals surface area contributed by atoms with Gasteiger partial charge >= 0.3 is 5.97 Å². The van der Waals surface area contributed by atoms with E-state index in [1.165, 1.54) is 4.90 Å². The normalized spacial score (nSPS) is 20.6. The van der Waals surface area contributed by atoms with E-state index in [0.717, 1.165) is 0 Å². The molecule has 1 aromatic heterocycles. The SMILES string of the molecule is CCOC(=O)C1=C(N)Oc2n[nH]c(C(C)(C)C)c2C12C(=O)N(C)c1ccccc12. The zero-order valence-electron chi connectivity index (χ0n) is 17.1. The van der Waals surface area contributed by atoms with Crippen LogP contribution >= 0.6 is 0 Å². The molecule has 1 aromatic carbocycles. The largest absolute Gasteiger partial charge is 0.462 e. The highest BCUT2D eigenvalue weighted by Crippen LogP contribution is 2.56. The molecule has 3 N–H and O–H groups in total. The average Bonchev–Trinajstić information content (AvgIpc) is 3.17. The highest BCUT2D eigenvalue weighted by atomic mass is 16.5. The van der Waals surface area contributed by atoms with Crippen molar-refractivity contribution in [1.82, 2.24) is 10.2 Å². The summed E-state index contributed by atoms with van der Waals surface area (Å²) in [5.41, 5.74) is 6.82.